The molecule has 0 saturated heterocycles. The molecule has 7 nitrogen and oxygen atoms in total. The highest BCUT2D eigenvalue weighted by molar-refractivity contribution is 6.01. The SMILES string of the molecule is CC(C)=NNC(=O)[C@@H](CC(C)C)NC(=O)[C@H](Cc1ccccc1)NC(=O)c1ccc2ccccc2c1. The molecule has 0 unspecified atom stereocenters. The maximum Gasteiger partial charge on any atom is 0.262 e. The maximum atomic E-state index is 13.4. The normalized spacial score (nSPS) is 12.5. The first kappa shape index (κ1) is 26.6. The van der Waals surface area contributed by atoms with Crippen LogP contribution >= 0.6 is 0 Å². The molecule has 0 aliphatic heterocycles. The number of hydrazone groups is 1. The van der Waals surface area contributed by atoms with Crippen LogP contribution < -0.4 is 16.1 Å². The molecule has 0 aliphatic carbocycles. The Kier molecular flexibility index (Phi) is 9.33. The number of nitrogens with one attached hydrogen (secondary N) is 3. The van der Waals surface area contributed by atoms with Gasteiger partial charge in [-0.05, 0) is 54.7 Å². The molecule has 36 heavy (non-hydrogen) atoms. The molecule has 0 aromatic heterocycles. The lowest BCUT2D eigenvalue weighted by atomic mass is 10.0. The summed E-state index contributed by atoms with van der Waals surface area (Å²) in [5, 5.41) is 11.7. The fourth-order valence-corrected chi connectivity index (χ4v) is 3.85. The van der Waals surface area contributed by atoms with Gasteiger partial charge in [0.2, 0.25) is 5.91 Å². The van der Waals surface area contributed by atoms with E-state index in [0.29, 0.717) is 17.7 Å². The predicted octanol–water partition coefficient (Wildman–Crippen LogP) is 4.22. The van der Waals surface area contributed by atoms with Crippen molar-refractivity contribution in [3.05, 3.63) is 83.9 Å². The van der Waals surface area contributed by atoms with E-state index in [1.165, 1.54) is 0 Å². The minimum absolute atomic E-state index is 0.160. The number of nitrogens with zero attached hydrogens (tertiary/aromatic N) is 1. The van der Waals surface area contributed by atoms with E-state index in [0.717, 1.165) is 16.3 Å². The summed E-state index contributed by atoms with van der Waals surface area (Å²) in [5.74, 6) is -1.01. The number of benzene rings is 3. The standard InChI is InChI=1S/C29H34N4O3/c1-19(2)16-25(29(36)33-32-20(3)4)31-28(35)26(17-21-10-6-5-7-11-21)30-27(34)24-15-14-22-12-8-9-13-23(22)18-24/h5-15,18-19,25-26H,16-17H2,1-4H3,(H,30,34)(H,31,35)(H,33,36)/t25-,26+/m1/s1. The summed E-state index contributed by atoms with van der Waals surface area (Å²) in [5.41, 5.74) is 4.57. The number of rotatable bonds is 10. The first-order chi connectivity index (χ1) is 17.2. The van der Waals surface area contributed by atoms with Crippen molar-refractivity contribution in [2.24, 2.45) is 11.0 Å². The van der Waals surface area contributed by atoms with Crippen molar-refractivity contribution in [1.29, 1.82) is 0 Å². The Labute approximate surface area is 212 Å². The second-order valence-electron chi connectivity index (χ2n) is 9.50. The Morgan fingerprint density at radius 2 is 1.44 bits per heavy atom. The lowest BCUT2D eigenvalue weighted by Crippen LogP contribution is -2.54. The van der Waals surface area contributed by atoms with Crippen LogP contribution in [0.15, 0.2) is 77.9 Å². The first-order valence-corrected chi connectivity index (χ1v) is 12.2. The molecule has 0 aliphatic rings. The molecule has 0 fully saturated rings. The molecule has 188 valence electrons. The van der Waals surface area contributed by atoms with Gasteiger partial charge in [-0.15, -0.1) is 0 Å². The first-order valence-electron chi connectivity index (χ1n) is 12.2. The van der Waals surface area contributed by atoms with Gasteiger partial charge in [0, 0.05) is 17.7 Å². The van der Waals surface area contributed by atoms with Crippen LogP contribution in [0.3, 0.4) is 0 Å². The van der Waals surface area contributed by atoms with Crippen LogP contribution in [-0.2, 0) is 16.0 Å². The molecule has 7 heteroatoms. The van der Waals surface area contributed by atoms with Crippen LogP contribution in [0.1, 0.15) is 50.0 Å². The summed E-state index contributed by atoms with van der Waals surface area (Å²) in [6.07, 6.45) is 0.723. The molecule has 2 atom stereocenters. The van der Waals surface area contributed by atoms with E-state index in [2.05, 4.69) is 21.2 Å². The Hall–Kier alpha value is -4.00. The van der Waals surface area contributed by atoms with Crippen LogP contribution in [0.4, 0.5) is 0 Å². The van der Waals surface area contributed by atoms with Crippen molar-refractivity contribution in [2.75, 3.05) is 0 Å². The second-order valence-corrected chi connectivity index (χ2v) is 9.50. The van der Waals surface area contributed by atoms with Gasteiger partial charge in [0.15, 0.2) is 0 Å². The summed E-state index contributed by atoms with van der Waals surface area (Å²) in [7, 11) is 0. The molecule has 3 amide bonds. The zero-order chi connectivity index (χ0) is 26.1. The fraction of sp³-hybridized carbons (Fsp3) is 0.310. The van der Waals surface area contributed by atoms with Gasteiger partial charge in [-0.1, -0.05) is 74.5 Å². The second kappa shape index (κ2) is 12.6. The van der Waals surface area contributed by atoms with Crippen LogP contribution in [0.2, 0.25) is 0 Å². The molecule has 3 aromatic carbocycles. The monoisotopic (exact) mass is 486 g/mol. The molecule has 3 aromatic rings. The van der Waals surface area contributed by atoms with Crippen molar-refractivity contribution in [3.63, 3.8) is 0 Å². The fourth-order valence-electron chi connectivity index (χ4n) is 3.85. The number of carbonyl (C=O) groups is 3. The Morgan fingerprint density at radius 1 is 0.778 bits per heavy atom. The minimum Gasteiger partial charge on any atom is -0.342 e. The molecule has 3 N–H and O–H groups in total. The van der Waals surface area contributed by atoms with Gasteiger partial charge in [-0.3, -0.25) is 14.4 Å². The van der Waals surface area contributed by atoms with E-state index in [1.54, 1.807) is 19.9 Å². The quantitative estimate of drug-likeness (QED) is 0.295. The smallest absolute Gasteiger partial charge is 0.262 e. The summed E-state index contributed by atoms with van der Waals surface area (Å²) < 4.78 is 0. The van der Waals surface area contributed by atoms with Gasteiger partial charge in [0.1, 0.15) is 12.1 Å². The third-order valence-electron chi connectivity index (χ3n) is 5.65. The van der Waals surface area contributed by atoms with Crippen molar-refractivity contribution in [1.82, 2.24) is 16.1 Å². The zero-order valence-corrected chi connectivity index (χ0v) is 21.2. The van der Waals surface area contributed by atoms with E-state index < -0.39 is 23.9 Å². The summed E-state index contributed by atoms with van der Waals surface area (Å²) in [6.45, 7) is 7.50. The lowest BCUT2D eigenvalue weighted by molar-refractivity contribution is -0.130. The molecule has 0 bridgehead atoms. The van der Waals surface area contributed by atoms with Crippen molar-refractivity contribution >= 4 is 34.2 Å². The largest absolute Gasteiger partial charge is 0.342 e. The summed E-state index contributed by atoms with van der Waals surface area (Å²) in [6, 6.07) is 21.0. The van der Waals surface area contributed by atoms with Gasteiger partial charge in [0.05, 0.1) is 0 Å². The van der Waals surface area contributed by atoms with Crippen molar-refractivity contribution in [3.8, 4) is 0 Å². The average Bonchev–Trinajstić information content (AvgIpc) is 2.86. The molecular formula is C29H34N4O3. The van der Waals surface area contributed by atoms with Crippen LogP contribution in [0.25, 0.3) is 10.8 Å². The molecular weight excluding hydrogens is 452 g/mol. The number of amides is 3. The topological polar surface area (TPSA) is 99.7 Å². The number of carbonyl (C=O) groups excluding carboxylic acids is 3. The minimum atomic E-state index is -0.870. The lowest BCUT2D eigenvalue weighted by Gasteiger charge is -2.24. The molecule has 3 rings (SSSR count). The van der Waals surface area contributed by atoms with Crippen LogP contribution in [0, 0.1) is 5.92 Å². The summed E-state index contributed by atoms with van der Waals surface area (Å²) >= 11 is 0. The van der Waals surface area contributed by atoms with Crippen LogP contribution in [-0.4, -0.2) is 35.5 Å². The highest BCUT2D eigenvalue weighted by atomic mass is 16.2. The van der Waals surface area contributed by atoms with E-state index >= 15 is 0 Å². The van der Waals surface area contributed by atoms with Gasteiger partial charge >= 0.3 is 0 Å². The van der Waals surface area contributed by atoms with E-state index in [1.807, 2.05) is 80.6 Å². The van der Waals surface area contributed by atoms with Gasteiger partial charge in [-0.25, -0.2) is 5.43 Å². The zero-order valence-electron chi connectivity index (χ0n) is 21.2. The highest BCUT2D eigenvalue weighted by Gasteiger charge is 2.28. The van der Waals surface area contributed by atoms with Crippen molar-refractivity contribution in [2.45, 2.75) is 52.6 Å². The molecule has 0 spiro atoms. The summed E-state index contributed by atoms with van der Waals surface area (Å²) in [4.78, 5) is 39.3. The number of fused-ring (bicyclic) bond motifs is 1. The predicted molar refractivity (Wildman–Crippen MR) is 144 cm³/mol. The number of hydrogen-bond acceptors (Lipinski definition) is 4. The third kappa shape index (κ3) is 7.77. The van der Waals surface area contributed by atoms with Crippen molar-refractivity contribution < 1.29 is 14.4 Å². The molecule has 0 heterocycles. The maximum absolute atomic E-state index is 13.4. The van der Waals surface area contributed by atoms with E-state index in [9.17, 15) is 14.4 Å². The number of hydrogen-bond donors (Lipinski definition) is 3. The van der Waals surface area contributed by atoms with Gasteiger partial charge < -0.3 is 10.6 Å². The third-order valence-corrected chi connectivity index (χ3v) is 5.65. The average molecular weight is 487 g/mol. The van der Waals surface area contributed by atoms with Crippen LogP contribution in [0.5, 0.6) is 0 Å². The van der Waals surface area contributed by atoms with E-state index in [4.69, 9.17) is 0 Å². The Balaban J connectivity index is 1.82. The molecule has 0 saturated carbocycles. The van der Waals surface area contributed by atoms with E-state index in [-0.39, 0.29) is 18.2 Å². The Morgan fingerprint density at radius 3 is 2.11 bits per heavy atom. The highest BCUT2D eigenvalue weighted by Crippen LogP contribution is 2.16. The van der Waals surface area contributed by atoms with Gasteiger partial charge in [-0.2, -0.15) is 5.10 Å². The Bertz CT molecular complexity index is 1230. The van der Waals surface area contributed by atoms with Gasteiger partial charge in [0.25, 0.3) is 11.8 Å². The molecule has 0 radical (unpaired) electrons.